The molecule has 0 aliphatic heterocycles. The first-order valence-corrected chi connectivity index (χ1v) is 11.8. The zero-order valence-electron chi connectivity index (χ0n) is 17.2. The Morgan fingerprint density at radius 1 is 0.679 bits per heavy atom. The summed E-state index contributed by atoms with van der Waals surface area (Å²) in [5.74, 6) is -5.53. The Morgan fingerprint density at radius 3 is 1.50 bits per heavy atom. The van der Waals surface area contributed by atoms with Crippen molar-refractivity contribution in [2.75, 3.05) is 11.5 Å². The minimum Gasteiger partial charge on any atom is -0.481 e. The molecule has 0 aliphatic rings. The molecule has 0 rings (SSSR count). The Labute approximate surface area is 173 Å². The molecule has 0 heterocycles. The van der Waals surface area contributed by atoms with E-state index in [2.05, 4.69) is 6.92 Å². The van der Waals surface area contributed by atoms with Gasteiger partial charge in [-0.15, -0.1) is 0 Å². The SMILES string of the molecule is CCCCCCCCCCCCCCSCC(C(=O)O)C(CC(=O)O)C(=O)O. The summed E-state index contributed by atoms with van der Waals surface area (Å²) >= 11 is 1.41. The average molecular weight is 419 g/mol. The Balaban J connectivity index is 3.74. The van der Waals surface area contributed by atoms with Crippen LogP contribution in [-0.4, -0.2) is 44.7 Å². The Hall–Kier alpha value is -1.24. The third kappa shape index (κ3) is 14.8. The number of carboxylic acids is 3. The standard InChI is InChI=1S/C21H38O6S/c1-2-3-4-5-6-7-8-9-10-11-12-13-14-28-16-18(21(26)27)17(20(24)25)15-19(22)23/h17-18H,2-16H2,1H3,(H,22,23)(H,24,25)(H,26,27). The number of hydrogen-bond donors (Lipinski definition) is 3. The number of hydrogen-bond acceptors (Lipinski definition) is 4. The van der Waals surface area contributed by atoms with Gasteiger partial charge in [-0.1, -0.05) is 77.6 Å². The molecule has 2 atom stereocenters. The quantitative estimate of drug-likeness (QED) is 0.230. The molecule has 0 aliphatic carbocycles. The molecule has 0 bridgehead atoms. The summed E-state index contributed by atoms with van der Waals surface area (Å²) in [5, 5.41) is 27.2. The zero-order valence-corrected chi connectivity index (χ0v) is 18.1. The fourth-order valence-corrected chi connectivity index (χ4v) is 4.41. The summed E-state index contributed by atoms with van der Waals surface area (Å²) in [6, 6.07) is 0. The molecule has 0 aromatic carbocycles. The van der Waals surface area contributed by atoms with E-state index in [1.54, 1.807) is 0 Å². The van der Waals surface area contributed by atoms with Gasteiger partial charge in [0.1, 0.15) is 0 Å². The average Bonchev–Trinajstić information content (AvgIpc) is 2.63. The Morgan fingerprint density at radius 2 is 1.11 bits per heavy atom. The van der Waals surface area contributed by atoms with Crippen LogP contribution in [0.3, 0.4) is 0 Å². The number of thioether (sulfide) groups is 1. The lowest BCUT2D eigenvalue weighted by Crippen LogP contribution is -2.33. The minimum absolute atomic E-state index is 0.137. The Kier molecular flexibility index (Phi) is 17.0. The molecular weight excluding hydrogens is 380 g/mol. The van der Waals surface area contributed by atoms with Crippen LogP contribution in [0, 0.1) is 11.8 Å². The molecule has 0 saturated heterocycles. The van der Waals surface area contributed by atoms with E-state index in [0.29, 0.717) is 0 Å². The van der Waals surface area contributed by atoms with Crippen LogP contribution in [0.4, 0.5) is 0 Å². The van der Waals surface area contributed by atoms with E-state index in [-0.39, 0.29) is 5.75 Å². The van der Waals surface area contributed by atoms with Crippen molar-refractivity contribution in [1.82, 2.24) is 0 Å². The fourth-order valence-electron chi connectivity index (χ4n) is 3.20. The maximum absolute atomic E-state index is 11.3. The van der Waals surface area contributed by atoms with Gasteiger partial charge in [-0.3, -0.25) is 14.4 Å². The number of rotatable bonds is 20. The second-order valence-corrected chi connectivity index (χ2v) is 8.60. The molecule has 0 spiro atoms. The van der Waals surface area contributed by atoms with Gasteiger partial charge in [-0.2, -0.15) is 11.8 Å². The van der Waals surface area contributed by atoms with Crippen LogP contribution in [0.15, 0.2) is 0 Å². The monoisotopic (exact) mass is 418 g/mol. The molecule has 0 aromatic rings. The smallest absolute Gasteiger partial charge is 0.308 e. The van der Waals surface area contributed by atoms with Gasteiger partial charge in [0, 0.05) is 5.75 Å². The van der Waals surface area contributed by atoms with Gasteiger partial charge in [0.05, 0.1) is 18.3 Å². The first-order chi connectivity index (χ1) is 13.4. The summed E-state index contributed by atoms with van der Waals surface area (Å²) in [6.45, 7) is 2.23. The van der Waals surface area contributed by atoms with Crippen molar-refractivity contribution in [2.24, 2.45) is 11.8 Å². The van der Waals surface area contributed by atoms with Crippen molar-refractivity contribution in [3.8, 4) is 0 Å². The maximum atomic E-state index is 11.3. The topological polar surface area (TPSA) is 112 Å². The van der Waals surface area contributed by atoms with E-state index < -0.39 is 36.2 Å². The molecule has 6 nitrogen and oxygen atoms in total. The number of carbonyl (C=O) groups is 3. The van der Waals surface area contributed by atoms with Crippen molar-refractivity contribution in [1.29, 1.82) is 0 Å². The first kappa shape index (κ1) is 26.8. The number of aliphatic carboxylic acids is 3. The second kappa shape index (κ2) is 17.8. The van der Waals surface area contributed by atoms with Crippen LogP contribution in [0.5, 0.6) is 0 Å². The van der Waals surface area contributed by atoms with Crippen molar-refractivity contribution < 1.29 is 29.7 Å². The summed E-state index contributed by atoms with van der Waals surface area (Å²) < 4.78 is 0. The third-order valence-electron chi connectivity index (χ3n) is 4.95. The van der Waals surface area contributed by atoms with Crippen LogP contribution in [0.1, 0.15) is 90.4 Å². The molecule has 7 heteroatoms. The molecule has 0 saturated carbocycles. The van der Waals surface area contributed by atoms with Gasteiger partial charge in [0.15, 0.2) is 0 Å². The van der Waals surface area contributed by atoms with E-state index >= 15 is 0 Å². The van der Waals surface area contributed by atoms with E-state index in [0.717, 1.165) is 18.6 Å². The highest BCUT2D eigenvalue weighted by atomic mass is 32.2. The number of carboxylic acid groups (broad SMARTS) is 3. The van der Waals surface area contributed by atoms with E-state index in [1.165, 1.54) is 76.0 Å². The molecule has 2 unspecified atom stereocenters. The molecule has 164 valence electrons. The molecule has 0 amide bonds. The summed E-state index contributed by atoms with van der Waals surface area (Å²) in [7, 11) is 0. The molecule has 0 radical (unpaired) electrons. The van der Waals surface area contributed by atoms with Gasteiger partial charge < -0.3 is 15.3 Å². The predicted molar refractivity (Wildman–Crippen MR) is 113 cm³/mol. The highest BCUT2D eigenvalue weighted by molar-refractivity contribution is 7.99. The zero-order chi connectivity index (χ0) is 21.2. The Bertz CT molecular complexity index is 441. The van der Waals surface area contributed by atoms with Crippen molar-refractivity contribution in [2.45, 2.75) is 90.4 Å². The van der Waals surface area contributed by atoms with Gasteiger partial charge in [-0.05, 0) is 12.2 Å². The molecule has 28 heavy (non-hydrogen) atoms. The predicted octanol–water partition coefficient (Wildman–Crippen LogP) is 5.30. The molecule has 0 aromatic heterocycles. The van der Waals surface area contributed by atoms with Crippen LogP contribution in [-0.2, 0) is 14.4 Å². The highest BCUT2D eigenvalue weighted by Gasteiger charge is 2.35. The van der Waals surface area contributed by atoms with Crippen LogP contribution in [0.2, 0.25) is 0 Å². The van der Waals surface area contributed by atoms with Crippen molar-refractivity contribution >= 4 is 29.7 Å². The van der Waals surface area contributed by atoms with E-state index in [9.17, 15) is 19.5 Å². The fraction of sp³-hybridized carbons (Fsp3) is 0.857. The normalized spacial score (nSPS) is 13.2. The highest BCUT2D eigenvalue weighted by Crippen LogP contribution is 2.23. The van der Waals surface area contributed by atoms with Gasteiger partial charge in [-0.25, -0.2) is 0 Å². The lowest BCUT2D eigenvalue weighted by molar-refractivity contribution is -0.156. The summed E-state index contributed by atoms with van der Waals surface area (Å²) in [4.78, 5) is 33.3. The summed E-state index contributed by atoms with van der Waals surface area (Å²) in [6.07, 6.45) is 14.4. The lowest BCUT2D eigenvalue weighted by atomic mass is 9.91. The summed E-state index contributed by atoms with van der Waals surface area (Å²) in [5.41, 5.74) is 0. The first-order valence-electron chi connectivity index (χ1n) is 10.6. The van der Waals surface area contributed by atoms with E-state index in [4.69, 9.17) is 10.2 Å². The molecular formula is C21H38O6S. The molecule has 0 fully saturated rings. The van der Waals surface area contributed by atoms with Crippen LogP contribution in [0.25, 0.3) is 0 Å². The maximum Gasteiger partial charge on any atom is 0.308 e. The third-order valence-corrected chi connectivity index (χ3v) is 6.13. The van der Waals surface area contributed by atoms with E-state index in [1.807, 2.05) is 0 Å². The van der Waals surface area contributed by atoms with Crippen LogP contribution < -0.4 is 0 Å². The molecule has 3 N–H and O–H groups in total. The van der Waals surface area contributed by atoms with Crippen molar-refractivity contribution in [3.05, 3.63) is 0 Å². The van der Waals surface area contributed by atoms with Crippen LogP contribution >= 0.6 is 11.8 Å². The number of unbranched alkanes of at least 4 members (excludes halogenated alkanes) is 11. The lowest BCUT2D eigenvalue weighted by Gasteiger charge is -2.18. The van der Waals surface area contributed by atoms with Gasteiger partial charge >= 0.3 is 17.9 Å². The van der Waals surface area contributed by atoms with Gasteiger partial charge in [0.2, 0.25) is 0 Å². The largest absolute Gasteiger partial charge is 0.481 e. The second-order valence-electron chi connectivity index (χ2n) is 7.45. The van der Waals surface area contributed by atoms with Gasteiger partial charge in [0.25, 0.3) is 0 Å². The van der Waals surface area contributed by atoms with Crippen molar-refractivity contribution in [3.63, 3.8) is 0 Å². The minimum atomic E-state index is -1.38.